The summed E-state index contributed by atoms with van der Waals surface area (Å²) in [5.41, 5.74) is 2.17. The van der Waals surface area contributed by atoms with Gasteiger partial charge in [-0.15, -0.1) is 0 Å². The second-order valence-corrected chi connectivity index (χ2v) is 6.36. The molecule has 0 aliphatic rings. The average Bonchev–Trinajstić information content (AvgIpc) is 2.70. The van der Waals surface area contributed by atoms with Gasteiger partial charge in [0.05, 0.1) is 14.2 Å². The monoisotopic (exact) mass is 371 g/mol. The molecule has 1 N–H and O–H groups in total. The molecule has 27 heavy (non-hydrogen) atoms. The van der Waals surface area contributed by atoms with Gasteiger partial charge in [-0.25, -0.2) is 0 Å². The third-order valence-electron chi connectivity index (χ3n) is 4.42. The molecule has 5 nitrogen and oxygen atoms in total. The van der Waals surface area contributed by atoms with Crippen molar-refractivity contribution in [1.82, 2.24) is 5.32 Å². The maximum Gasteiger partial charge on any atom is 0.261 e. The van der Waals surface area contributed by atoms with Gasteiger partial charge in [0.15, 0.2) is 17.6 Å². The standard InChI is InChI=1S/C22H29NO4/c1-5-18(27-19-11-7-6-9-16(19)2)22(24)23-14-8-10-17-12-13-20(25-3)21(15-17)26-4/h6-7,9,11-13,15,18H,5,8,10,14H2,1-4H3,(H,23,24)/t18-/m0/s1. The van der Waals surface area contributed by atoms with Gasteiger partial charge in [0.2, 0.25) is 0 Å². The summed E-state index contributed by atoms with van der Waals surface area (Å²) in [5, 5.41) is 2.97. The van der Waals surface area contributed by atoms with Crippen molar-refractivity contribution < 1.29 is 19.0 Å². The Morgan fingerprint density at radius 1 is 1.04 bits per heavy atom. The normalized spacial score (nSPS) is 11.6. The molecule has 0 unspecified atom stereocenters. The highest BCUT2D eigenvalue weighted by Gasteiger charge is 2.18. The quantitative estimate of drug-likeness (QED) is 0.643. The number of methoxy groups -OCH3 is 2. The topological polar surface area (TPSA) is 56.8 Å². The van der Waals surface area contributed by atoms with Gasteiger partial charge < -0.3 is 19.5 Å². The Labute approximate surface area is 161 Å². The van der Waals surface area contributed by atoms with E-state index in [1.54, 1.807) is 14.2 Å². The molecule has 1 amide bonds. The summed E-state index contributed by atoms with van der Waals surface area (Å²) in [5.74, 6) is 2.11. The highest BCUT2D eigenvalue weighted by molar-refractivity contribution is 5.81. The largest absolute Gasteiger partial charge is 0.493 e. The van der Waals surface area contributed by atoms with E-state index in [1.807, 2.05) is 56.3 Å². The number of para-hydroxylation sites is 1. The Kier molecular flexibility index (Phi) is 7.99. The third-order valence-corrected chi connectivity index (χ3v) is 4.42. The molecular weight excluding hydrogens is 342 g/mol. The molecule has 5 heteroatoms. The molecule has 0 aliphatic heterocycles. The van der Waals surface area contributed by atoms with Gasteiger partial charge in [-0.3, -0.25) is 4.79 Å². The zero-order chi connectivity index (χ0) is 19.6. The van der Waals surface area contributed by atoms with Crippen LogP contribution in [0.15, 0.2) is 42.5 Å². The van der Waals surface area contributed by atoms with Gasteiger partial charge in [-0.1, -0.05) is 31.2 Å². The first-order chi connectivity index (χ1) is 13.1. The fraction of sp³-hybridized carbons (Fsp3) is 0.409. The summed E-state index contributed by atoms with van der Waals surface area (Å²) in [6.07, 6.45) is 1.82. The lowest BCUT2D eigenvalue weighted by Gasteiger charge is -2.18. The fourth-order valence-corrected chi connectivity index (χ4v) is 2.82. The van der Waals surface area contributed by atoms with Gasteiger partial charge in [0, 0.05) is 6.54 Å². The van der Waals surface area contributed by atoms with Crippen LogP contribution in [0.5, 0.6) is 17.2 Å². The molecule has 0 aliphatic carbocycles. The summed E-state index contributed by atoms with van der Waals surface area (Å²) in [6, 6.07) is 13.6. The van der Waals surface area contributed by atoms with Crippen molar-refractivity contribution in [3.05, 3.63) is 53.6 Å². The van der Waals surface area contributed by atoms with Crippen LogP contribution in [0.3, 0.4) is 0 Å². The lowest BCUT2D eigenvalue weighted by molar-refractivity contribution is -0.128. The highest BCUT2D eigenvalue weighted by atomic mass is 16.5. The Morgan fingerprint density at radius 3 is 2.44 bits per heavy atom. The summed E-state index contributed by atoms with van der Waals surface area (Å²) in [4.78, 5) is 12.4. The van der Waals surface area contributed by atoms with Crippen molar-refractivity contribution in [3.63, 3.8) is 0 Å². The maximum atomic E-state index is 12.4. The number of carbonyl (C=O) groups excluding carboxylic acids is 1. The summed E-state index contributed by atoms with van der Waals surface area (Å²) >= 11 is 0. The van der Waals surface area contributed by atoms with E-state index in [9.17, 15) is 4.79 Å². The van der Waals surface area contributed by atoms with Crippen LogP contribution in [0.25, 0.3) is 0 Å². The molecule has 0 bridgehead atoms. The van der Waals surface area contributed by atoms with E-state index in [4.69, 9.17) is 14.2 Å². The number of rotatable bonds is 10. The Balaban J connectivity index is 1.81. The van der Waals surface area contributed by atoms with Gasteiger partial charge in [0.25, 0.3) is 5.91 Å². The Hall–Kier alpha value is -2.69. The SMILES string of the molecule is CC[C@H](Oc1ccccc1C)C(=O)NCCCc1ccc(OC)c(OC)c1. The van der Waals surface area contributed by atoms with Crippen LogP contribution in [-0.2, 0) is 11.2 Å². The van der Waals surface area contributed by atoms with E-state index >= 15 is 0 Å². The van der Waals surface area contributed by atoms with Gasteiger partial charge >= 0.3 is 0 Å². The summed E-state index contributed by atoms with van der Waals surface area (Å²) in [7, 11) is 3.25. The molecule has 0 fully saturated rings. The number of nitrogens with one attached hydrogen (secondary N) is 1. The molecule has 2 aromatic rings. The Bertz CT molecular complexity index is 745. The second-order valence-electron chi connectivity index (χ2n) is 6.36. The van der Waals surface area contributed by atoms with Crippen LogP contribution in [0.2, 0.25) is 0 Å². The number of benzene rings is 2. The average molecular weight is 371 g/mol. The maximum absolute atomic E-state index is 12.4. The van der Waals surface area contributed by atoms with E-state index in [0.717, 1.165) is 35.5 Å². The Morgan fingerprint density at radius 2 is 1.78 bits per heavy atom. The van der Waals surface area contributed by atoms with E-state index in [0.29, 0.717) is 18.7 Å². The van der Waals surface area contributed by atoms with Gasteiger partial charge in [-0.05, 0) is 55.5 Å². The van der Waals surface area contributed by atoms with E-state index in [1.165, 1.54) is 0 Å². The first-order valence-electron chi connectivity index (χ1n) is 9.30. The molecule has 146 valence electrons. The van der Waals surface area contributed by atoms with E-state index in [-0.39, 0.29) is 5.91 Å². The number of carbonyl (C=O) groups is 1. The lowest BCUT2D eigenvalue weighted by Crippen LogP contribution is -2.38. The molecule has 2 rings (SSSR count). The molecule has 0 saturated carbocycles. The molecule has 2 aromatic carbocycles. The zero-order valence-electron chi connectivity index (χ0n) is 16.6. The number of aryl methyl sites for hydroxylation is 2. The van der Waals surface area contributed by atoms with Crippen LogP contribution in [-0.4, -0.2) is 32.8 Å². The predicted octanol–water partition coefficient (Wildman–Crippen LogP) is 3.92. The summed E-state index contributed by atoms with van der Waals surface area (Å²) < 4.78 is 16.5. The molecule has 0 saturated heterocycles. The molecule has 1 atom stereocenters. The van der Waals surface area contributed by atoms with Crippen LogP contribution in [0.1, 0.15) is 30.9 Å². The number of amides is 1. The van der Waals surface area contributed by atoms with E-state index in [2.05, 4.69) is 5.32 Å². The van der Waals surface area contributed by atoms with Crippen molar-refractivity contribution >= 4 is 5.91 Å². The molecule has 0 heterocycles. The molecular formula is C22H29NO4. The van der Waals surface area contributed by atoms with Crippen molar-refractivity contribution in [2.75, 3.05) is 20.8 Å². The minimum Gasteiger partial charge on any atom is -0.493 e. The van der Waals surface area contributed by atoms with Crippen molar-refractivity contribution in [2.24, 2.45) is 0 Å². The van der Waals surface area contributed by atoms with Gasteiger partial charge in [0.1, 0.15) is 5.75 Å². The lowest BCUT2D eigenvalue weighted by atomic mass is 10.1. The summed E-state index contributed by atoms with van der Waals surface area (Å²) in [6.45, 7) is 4.52. The van der Waals surface area contributed by atoms with Crippen LogP contribution < -0.4 is 19.5 Å². The third kappa shape index (κ3) is 5.91. The predicted molar refractivity (Wildman–Crippen MR) is 107 cm³/mol. The smallest absolute Gasteiger partial charge is 0.261 e. The number of hydrogen-bond acceptors (Lipinski definition) is 4. The minimum absolute atomic E-state index is 0.0759. The zero-order valence-corrected chi connectivity index (χ0v) is 16.6. The van der Waals surface area contributed by atoms with Gasteiger partial charge in [-0.2, -0.15) is 0 Å². The highest BCUT2D eigenvalue weighted by Crippen LogP contribution is 2.27. The molecule has 0 spiro atoms. The van der Waals surface area contributed by atoms with Crippen molar-refractivity contribution in [1.29, 1.82) is 0 Å². The minimum atomic E-state index is -0.479. The first-order valence-corrected chi connectivity index (χ1v) is 9.30. The van der Waals surface area contributed by atoms with Crippen LogP contribution >= 0.6 is 0 Å². The van der Waals surface area contributed by atoms with Crippen molar-refractivity contribution in [3.8, 4) is 17.2 Å². The molecule has 0 aromatic heterocycles. The molecule has 0 radical (unpaired) electrons. The van der Waals surface area contributed by atoms with E-state index < -0.39 is 6.10 Å². The number of ether oxygens (including phenoxy) is 3. The second kappa shape index (κ2) is 10.5. The van der Waals surface area contributed by atoms with Crippen molar-refractivity contribution in [2.45, 2.75) is 39.2 Å². The fourth-order valence-electron chi connectivity index (χ4n) is 2.82. The number of hydrogen-bond donors (Lipinski definition) is 1. The van der Waals surface area contributed by atoms with Crippen LogP contribution in [0.4, 0.5) is 0 Å². The van der Waals surface area contributed by atoms with Crippen LogP contribution in [0, 0.1) is 6.92 Å². The first kappa shape index (κ1) is 20.6.